The van der Waals surface area contributed by atoms with Gasteiger partial charge < -0.3 is 10.1 Å². The number of nitrogens with one attached hydrogen (secondary N) is 2. The van der Waals surface area contributed by atoms with E-state index in [4.69, 9.17) is 4.74 Å². The fraction of sp³-hybridized carbons (Fsp3) is 0.296. The molecule has 1 heterocycles. The number of carbonyl (C=O) groups is 1. The van der Waals surface area contributed by atoms with Crippen LogP contribution in [0.2, 0.25) is 0 Å². The molecular formula is C27H31N3O6S2. The van der Waals surface area contributed by atoms with Crippen molar-refractivity contribution in [2.45, 2.75) is 35.6 Å². The SMILES string of the molecule is O=C(COc1ccc(S(=O)(=O)NCCc2ccccc2)cc1)NCc1ccc(S(=O)(=O)N2CCCC2)cc1. The third kappa shape index (κ3) is 7.41. The van der Waals surface area contributed by atoms with E-state index >= 15 is 0 Å². The van der Waals surface area contributed by atoms with Gasteiger partial charge in [-0.3, -0.25) is 4.79 Å². The normalized spacial score (nSPS) is 14.3. The van der Waals surface area contributed by atoms with Gasteiger partial charge in [-0.1, -0.05) is 42.5 Å². The smallest absolute Gasteiger partial charge is 0.258 e. The summed E-state index contributed by atoms with van der Waals surface area (Å²) in [6.45, 7) is 1.34. The molecule has 0 aromatic heterocycles. The first-order chi connectivity index (χ1) is 18.2. The van der Waals surface area contributed by atoms with Crippen LogP contribution >= 0.6 is 0 Å². The second-order valence-electron chi connectivity index (χ2n) is 8.93. The lowest BCUT2D eigenvalue weighted by molar-refractivity contribution is -0.123. The number of rotatable bonds is 12. The van der Waals surface area contributed by atoms with Crippen molar-refractivity contribution in [1.82, 2.24) is 14.3 Å². The Kier molecular flexibility index (Phi) is 9.16. The van der Waals surface area contributed by atoms with E-state index in [1.807, 2.05) is 30.3 Å². The number of ether oxygens (including phenoxy) is 1. The number of sulfonamides is 2. The van der Waals surface area contributed by atoms with E-state index in [2.05, 4.69) is 10.0 Å². The lowest BCUT2D eigenvalue weighted by Gasteiger charge is -2.15. The van der Waals surface area contributed by atoms with Crippen molar-refractivity contribution in [2.24, 2.45) is 0 Å². The Hall–Kier alpha value is -3.25. The second-order valence-corrected chi connectivity index (χ2v) is 12.6. The van der Waals surface area contributed by atoms with Crippen LogP contribution in [0.5, 0.6) is 5.75 Å². The summed E-state index contributed by atoms with van der Waals surface area (Å²) in [6, 6.07) is 21.9. The molecule has 202 valence electrons. The van der Waals surface area contributed by atoms with Crippen LogP contribution in [-0.4, -0.2) is 53.3 Å². The van der Waals surface area contributed by atoms with Gasteiger partial charge in [0.1, 0.15) is 5.75 Å². The Morgan fingerprint density at radius 3 is 2.08 bits per heavy atom. The largest absolute Gasteiger partial charge is 0.484 e. The molecule has 1 fully saturated rings. The van der Waals surface area contributed by atoms with Crippen LogP contribution in [0.25, 0.3) is 0 Å². The molecule has 0 radical (unpaired) electrons. The Morgan fingerprint density at radius 1 is 0.789 bits per heavy atom. The molecule has 1 aliphatic heterocycles. The molecule has 38 heavy (non-hydrogen) atoms. The lowest BCUT2D eigenvalue weighted by Crippen LogP contribution is -2.29. The first-order valence-corrected chi connectivity index (χ1v) is 15.3. The van der Waals surface area contributed by atoms with E-state index in [-0.39, 0.29) is 35.4 Å². The highest BCUT2D eigenvalue weighted by Crippen LogP contribution is 2.21. The predicted molar refractivity (Wildman–Crippen MR) is 144 cm³/mol. The highest BCUT2D eigenvalue weighted by atomic mass is 32.2. The minimum atomic E-state index is -3.66. The van der Waals surface area contributed by atoms with Crippen molar-refractivity contribution in [2.75, 3.05) is 26.2 Å². The van der Waals surface area contributed by atoms with E-state index in [1.165, 1.54) is 28.6 Å². The van der Waals surface area contributed by atoms with Gasteiger partial charge >= 0.3 is 0 Å². The molecule has 0 saturated carbocycles. The number of benzene rings is 3. The van der Waals surface area contributed by atoms with Crippen molar-refractivity contribution in [3.05, 3.63) is 90.0 Å². The number of carbonyl (C=O) groups excluding carboxylic acids is 1. The standard InChI is InChI=1S/C27H31N3O6S2/c31-27(28-20-23-8-12-26(13-9-23)38(34,35)30-18-4-5-19-30)21-36-24-10-14-25(15-11-24)37(32,33)29-17-16-22-6-2-1-3-7-22/h1-3,6-15,29H,4-5,16-21H2,(H,28,31). The summed E-state index contributed by atoms with van der Waals surface area (Å²) in [5, 5.41) is 2.73. The van der Waals surface area contributed by atoms with Gasteiger partial charge in [0.2, 0.25) is 20.0 Å². The average molecular weight is 558 g/mol. The third-order valence-corrected chi connectivity index (χ3v) is 9.56. The van der Waals surface area contributed by atoms with Gasteiger partial charge in [0, 0.05) is 26.2 Å². The van der Waals surface area contributed by atoms with Crippen LogP contribution in [0.15, 0.2) is 88.7 Å². The van der Waals surface area contributed by atoms with Crippen LogP contribution in [-0.2, 0) is 37.8 Å². The molecule has 1 aliphatic rings. The summed E-state index contributed by atoms with van der Waals surface area (Å²) in [5.41, 5.74) is 1.80. The molecule has 3 aromatic rings. The average Bonchev–Trinajstić information content (AvgIpc) is 3.48. The van der Waals surface area contributed by atoms with Crippen molar-refractivity contribution >= 4 is 26.0 Å². The molecule has 0 unspecified atom stereocenters. The van der Waals surface area contributed by atoms with Gasteiger partial charge in [-0.05, 0) is 66.8 Å². The number of hydrogen-bond acceptors (Lipinski definition) is 6. The van der Waals surface area contributed by atoms with Crippen molar-refractivity contribution in [3.63, 3.8) is 0 Å². The maximum Gasteiger partial charge on any atom is 0.258 e. The summed E-state index contributed by atoms with van der Waals surface area (Å²) in [6.07, 6.45) is 2.33. The topological polar surface area (TPSA) is 122 Å². The fourth-order valence-corrected chi connectivity index (χ4v) is 6.58. The van der Waals surface area contributed by atoms with Crippen LogP contribution in [0, 0.1) is 0 Å². The fourth-order valence-electron chi connectivity index (χ4n) is 4.03. The van der Waals surface area contributed by atoms with E-state index in [0.717, 1.165) is 24.0 Å². The van der Waals surface area contributed by atoms with E-state index < -0.39 is 20.0 Å². The zero-order valence-corrected chi connectivity index (χ0v) is 22.5. The summed E-state index contributed by atoms with van der Waals surface area (Å²) in [5.74, 6) is -0.00195. The molecule has 3 aromatic carbocycles. The maximum absolute atomic E-state index is 12.6. The molecule has 0 bridgehead atoms. The molecule has 2 N–H and O–H groups in total. The van der Waals surface area contributed by atoms with Gasteiger partial charge in [-0.15, -0.1) is 0 Å². The van der Waals surface area contributed by atoms with E-state index in [9.17, 15) is 21.6 Å². The van der Waals surface area contributed by atoms with Gasteiger partial charge in [0.15, 0.2) is 6.61 Å². The summed E-state index contributed by atoms with van der Waals surface area (Å²) in [7, 11) is -7.13. The van der Waals surface area contributed by atoms with E-state index in [0.29, 0.717) is 25.3 Å². The third-order valence-electron chi connectivity index (χ3n) is 6.17. The van der Waals surface area contributed by atoms with Crippen LogP contribution in [0.3, 0.4) is 0 Å². The van der Waals surface area contributed by atoms with Crippen LogP contribution in [0.1, 0.15) is 24.0 Å². The molecule has 0 spiro atoms. The molecule has 4 rings (SSSR count). The van der Waals surface area contributed by atoms with Crippen molar-refractivity contribution in [3.8, 4) is 5.75 Å². The monoisotopic (exact) mass is 557 g/mol. The Labute approximate surface area is 223 Å². The molecule has 11 heteroatoms. The first kappa shape index (κ1) is 27.8. The number of amides is 1. The zero-order chi connectivity index (χ0) is 27.0. The predicted octanol–water partition coefficient (Wildman–Crippen LogP) is 2.69. The van der Waals surface area contributed by atoms with Gasteiger partial charge in [0.25, 0.3) is 5.91 Å². The van der Waals surface area contributed by atoms with Gasteiger partial charge in [-0.2, -0.15) is 4.31 Å². The van der Waals surface area contributed by atoms with Crippen LogP contribution in [0.4, 0.5) is 0 Å². The number of hydrogen-bond donors (Lipinski definition) is 2. The summed E-state index contributed by atoms with van der Waals surface area (Å²) >= 11 is 0. The maximum atomic E-state index is 12.6. The summed E-state index contributed by atoms with van der Waals surface area (Å²) in [4.78, 5) is 12.6. The Morgan fingerprint density at radius 2 is 1.42 bits per heavy atom. The van der Waals surface area contributed by atoms with Gasteiger partial charge in [-0.25, -0.2) is 21.6 Å². The van der Waals surface area contributed by atoms with E-state index in [1.54, 1.807) is 24.3 Å². The Bertz CT molecular complexity index is 1420. The molecule has 1 saturated heterocycles. The minimum Gasteiger partial charge on any atom is -0.484 e. The second kappa shape index (κ2) is 12.5. The summed E-state index contributed by atoms with van der Waals surface area (Å²) < 4.78 is 59.8. The highest BCUT2D eigenvalue weighted by molar-refractivity contribution is 7.89. The highest BCUT2D eigenvalue weighted by Gasteiger charge is 2.26. The molecule has 1 amide bonds. The molecule has 0 atom stereocenters. The minimum absolute atomic E-state index is 0.109. The molecule has 0 aliphatic carbocycles. The molecule has 9 nitrogen and oxygen atoms in total. The zero-order valence-electron chi connectivity index (χ0n) is 20.9. The number of nitrogens with zero attached hydrogens (tertiary/aromatic N) is 1. The van der Waals surface area contributed by atoms with Crippen LogP contribution < -0.4 is 14.8 Å². The first-order valence-electron chi connectivity index (χ1n) is 12.4. The quantitative estimate of drug-likeness (QED) is 0.353. The van der Waals surface area contributed by atoms with Gasteiger partial charge in [0.05, 0.1) is 9.79 Å². The lowest BCUT2D eigenvalue weighted by atomic mass is 10.2. The van der Waals surface area contributed by atoms with Crippen molar-refractivity contribution < 1.29 is 26.4 Å². The Balaban J connectivity index is 1.21. The molecular weight excluding hydrogens is 526 g/mol. The van der Waals surface area contributed by atoms with Crippen molar-refractivity contribution in [1.29, 1.82) is 0 Å².